The molecule has 3 rings (SSSR count). The van der Waals surface area contributed by atoms with E-state index in [0.29, 0.717) is 39.3 Å². The molecule has 0 aliphatic carbocycles. The first-order valence-corrected chi connectivity index (χ1v) is 8.69. The summed E-state index contributed by atoms with van der Waals surface area (Å²) in [6.07, 6.45) is -0.491. The third kappa shape index (κ3) is 3.70. The van der Waals surface area contributed by atoms with Crippen LogP contribution in [0, 0.1) is 11.3 Å². The lowest BCUT2D eigenvalue weighted by molar-refractivity contribution is -0.0384. The van der Waals surface area contributed by atoms with Gasteiger partial charge in [-0.3, -0.25) is 4.99 Å². The van der Waals surface area contributed by atoms with E-state index in [4.69, 9.17) is 33.3 Å². The molecule has 1 N–H and O–H groups in total. The molecule has 1 aliphatic heterocycles. The van der Waals surface area contributed by atoms with Gasteiger partial charge in [0.25, 0.3) is 0 Å². The molecule has 7 heteroatoms. The molecule has 0 bridgehead atoms. The van der Waals surface area contributed by atoms with Crippen molar-refractivity contribution in [1.29, 1.82) is 5.26 Å². The maximum absolute atomic E-state index is 9.56. The van der Waals surface area contributed by atoms with E-state index in [-0.39, 0.29) is 0 Å². The number of halogens is 1. The molecule has 0 amide bonds. The highest BCUT2D eigenvalue weighted by atomic mass is 35.5. The van der Waals surface area contributed by atoms with Crippen molar-refractivity contribution < 1.29 is 9.47 Å². The van der Waals surface area contributed by atoms with Crippen LogP contribution in [-0.2, 0) is 4.74 Å². The van der Waals surface area contributed by atoms with Crippen LogP contribution in [0.25, 0.3) is 0 Å². The van der Waals surface area contributed by atoms with Crippen LogP contribution in [-0.4, -0.2) is 30.6 Å². The standard InChI is InChI=1S/C19H16ClN3O2S/c1-11(24-2)25-17-8-16-14(7-12(17)9-21)19(22-10-18(26)23-16)13-5-3-4-6-15(13)20/h3-8,11H,10H2,1-2H3,(H,23,26). The second kappa shape index (κ2) is 7.83. The summed E-state index contributed by atoms with van der Waals surface area (Å²) in [5, 5.41) is 13.3. The van der Waals surface area contributed by atoms with E-state index < -0.39 is 6.29 Å². The summed E-state index contributed by atoms with van der Waals surface area (Å²) in [5.74, 6) is 0.413. The molecule has 0 saturated carbocycles. The third-order valence-corrected chi connectivity index (χ3v) is 4.46. The van der Waals surface area contributed by atoms with E-state index in [1.807, 2.05) is 18.2 Å². The van der Waals surface area contributed by atoms with Crippen LogP contribution >= 0.6 is 23.8 Å². The van der Waals surface area contributed by atoms with E-state index >= 15 is 0 Å². The van der Waals surface area contributed by atoms with Crippen LogP contribution < -0.4 is 10.1 Å². The summed E-state index contributed by atoms with van der Waals surface area (Å²) in [6.45, 7) is 2.08. The number of benzodiazepines with no additional fused rings is 1. The number of nitrogens with zero attached hydrogens (tertiary/aromatic N) is 2. The summed E-state index contributed by atoms with van der Waals surface area (Å²) in [5.41, 5.74) is 3.29. The first-order valence-electron chi connectivity index (χ1n) is 7.90. The maximum atomic E-state index is 9.56. The van der Waals surface area contributed by atoms with Crippen molar-refractivity contribution in [3.63, 3.8) is 0 Å². The Labute approximate surface area is 162 Å². The molecule has 2 aromatic rings. The van der Waals surface area contributed by atoms with E-state index in [0.717, 1.165) is 11.1 Å². The first-order chi connectivity index (χ1) is 12.5. The molecule has 0 aromatic heterocycles. The molecule has 0 spiro atoms. The van der Waals surface area contributed by atoms with E-state index in [9.17, 15) is 5.26 Å². The Morgan fingerprint density at radius 1 is 1.31 bits per heavy atom. The Hall–Kier alpha value is -2.46. The van der Waals surface area contributed by atoms with Gasteiger partial charge in [0.15, 0.2) is 6.29 Å². The summed E-state index contributed by atoms with van der Waals surface area (Å²) in [7, 11) is 1.54. The Morgan fingerprint density at radius 2 is 2.08 bits per heavy atom. The smallest absolute Gasteiger partial charge is 0.196 e. The number of aliphatic imine (C=N–C) groups is 1. The number of fused-ring (bicyclic) bond motifs is 1. The van der Waals surface area contributed by atoms with Crippen molar-refractivity contribution in [1.82, 2.24) is 0 Å². The largest absolute Gasteiger partial charge is 0.464 e. The van der Waals surface area contributed by atoms with Crippen molar-refractivity contribution in [2.75, 3.05) is 19.0 Å². The monoisotopic (exact) mass is 385 g/mol. The van der Waals surface area contributed by atoms with Crippen LogP contribution in [0.4, 0.5) is 5.69 Å². The molecule has 132 valence electrons. The Kier molecular flexibility index (Phi) is 5.52. The van der Waals surface area contributed by atoms with Crippen LogP contribution in [0.15, 0.2) is 41.4 Å². The molecule has 5 nitrogen and oxygen atoms in total. The molecule has 2 aromatic carbocycles. The average Bonchev–Trinajstić information content (AvgIpc) is 2.79. The van der Waals surface area contributed by atoms with Crippen LogP contribution in [0.5, 0.6) is 5.75 Å². The summed E-state index contributed by atoms with van der Waals surface area (Å²) in [4.78, 5) is 5.19. The molecule has 0 saturated heterocycles. The van der Waals surface area contributed by atoms with E-state index in [1.165, 1.54) is 7.11 Å². The number of methoxy groups -OCH3 is 1. The molecular weight excluding hydrogens is 370 g/mol. The second-order valence-corrected chi connectivity index (χ2v) is 6.52. The van der Waals surface area contributed by atoms with Gasteiger partial charge in [0.2, 0.25) is 0 Å². The van der Waals surface area contributed by atoms with Gasteiger partial charge in [-0.05, 0) is 19.1 Å². The summed E-state index contributed by atoms with van der Waals surface area (Å²) < 4.78 is 10.8. The second-order valence-electron chi connectivity index (χ2n) is 5.62. The summed E-state index contributed by atoms with van der Waals surface area (Å²) >= 11 is 11.7. The van der Waals surface area contributed by atoms with Gasteiger partial charge < -0.3 is 14.8 Å². The third-order valence-electron chi connectivity index (χ3n) is 3.90. The van der Waals surface area contributed by atoms with Crippen LogP contribution in [0.2, 0.25) is 5.02 Å². The zero-order valence-corrected chi connectivity index (χ0v) is 15.8. The fourth-order valence-corrected chi connectivity index (χ4v) is 3.00. The molecule has 1 atom stereocenters. The lowest BCUT2D eigenvalue weighted by Gasteiger charge is -2.18. The summed E-state index contributed by atoms with van der Waals surface area (Å²) in [6, 6.07) is 13.1. The van der Waals surface area contributed by atoms with Gasteiger partial charge in [-0.25, -0.2) is 0 Å². The normalized spacial score (nSPS) is 14.4. The number of hydrogen-bond acceptors (Lipinski definition) is 5. The molecule has 26 heavy (non-hydrogen) atoms. The first kappa shape index (κ1) is 18.3. The van der Waals surface area contributed by atoms with Gasteiger partial charge in [-0.1, -0.05) is 42.0 Å². The molecular formula is C19H16ClN3O2S. The number of hydrogen-bond donors (Lipinski definition) is 1. The predicted molar refractivity (Wildman–Crippen MR) is 106 cm³/mol. The zero-order chi connectivity index (χ0) is 18.7. The van der Waals surface area contributed by atoms with Crippen molar-refractivity contribution in [3.8, 4) is 11.8 Å². The van der Waals surface area contributed by atoms with Crippen molar-refractivity contribution in [2.24, 2.45) is 4.99 Å². The Bertz CT molecular complexity index is 937. The fourth-order valence-electron chi connectivity index (χ4n) is 2.60. The number of thiocarbonyl (C=S) groups is 1. The Balaban J connectivity index is 2.18. The molecule has 1 aliphatic rings. The van der Waals surface area contributed by atoms with Gasteiger partial charge >= 0.3 is 0 Å². The quantitative estimate of drug-likeness (QED) is 0.631. The fraction of sp³-hybridized carbons (Fsp3) is 0.211. The number of nitriles is 1. The van der Waals surface area contributed by atoms with Gasteiger partial charge in [-0.2, -0.15) is 5.26 Å². The molecule has 1 heterocycles. The Morgan fingerprint density at radius 3 is 2.77 bits per heavy atom. The van der Waals surface area contributed by atoms with E-state index in [1.54, 1.807) is 25.1 Å². The van der Waals surface area contributed by atoms with Gasteiger partial charge in [0.1, 0.15) is 16.8 Å². The molecule has 1 unspecified atom stereocenters. The molecule has 0 fully saturated rings. The predicted octanol–water partition coefficient (Wildman–Crippen LogP) is 4.17. The number of anilines is 1. The topological polar surface area (TPSA) is 66.6 Å². The number of ether oxygens (including phenoxy) is 2. The highest BCUT2D eigenvalue weighted by Crippen LogP contribution is 2.32. The molecule has 0 radical (unpaired) electrons. The number of nitrogens with one attached hydrogen (secondary N) is 1. The van der Waals surface area contributed by atoms with Crippen LogP contribution in [0.3, 0.4) is 0 Å². The lowest BCUT2D eigenvalue weighted by Crippen LogP contribution is -2.16. The lowest BCUT2D eigenvalue weighted by atomic mass is 9.98. The highest BCUT2D eigenvalue weighted by Gasteiger charge is 2.22. The van der Waals surface area contributed by atoms with Crippen molar-refractivity contribution in [2.45, 2.75) is 13.2 Å². The average molecular weight is 386 g/mol. The minimum absolute atomic E-state index is 0.330. The van der Waals surface area contributed by atoms with Gasteiger partial charge in [0, 0.05) is 29.3 Å². The zero-order valence-electron chi connectivity index (χ0n) is 14.2. The van der Waals surface area contributed by atoms with Crippen molar-refractivity contribution in [3.05, 3.63) is 58.1 Å². The SMILES string of the molecule is COC(C)Oc1cc2c(cc1C#N)C(c1ccccc1Cl)=NCC(=S)N2. The highest BCUT2D eigenvalue weighted by molar-refractivity contribution is 7.80. The number of benzene rings is 2. The minimum Gasteiger partial charge on any atom is -0.464 e. The van der Waals surface area contributed by atoms with Crippen molar-refractivity contribution >= 4 is 40.2 Å². The maximum Gasteiger partial charge on any atom is 0.196 e. The van der Waals surface area contributed by atoms with Gasteiger partial charge in [0.05, 0.1) is 23.5 Å². The van der Waals surface area contributed by atoms with E-state index in [2.05, 4.69) is 16.4 Å². The number of rotatable bonds is 4. The van der Waals surface area contributed by atoms with Crippen LogP contribution in [0.1, 0.15) is 23.6 Å². The minimum atomic E-state index is -0.491. The van der Waals surface area contributed by atoms with Gasteiger partial charge in [-0.15, -0.1) is 0 Å².